The van der Waals surface area contributed by atoms with E-state index in [1.54, 1.807) is 0 Å². The predicted molar refractivity (Wildman–Crippen MR) is 61.3 cm³/mol. The maximum atomic E-state index is 11.7. The van der Waals surface area contributed by atoms with Crippen LogP contribution in [0.4, 0.5) is 0 Å². The van der Waals surface area contributed by atoms with Gasteiger partial charge in [-0.2, -0.15) is 5.26 Å². The number of hydrogen-bond acceptors (Lipinski definition) is 3. The molecular formula is C10H9ClN2O2S. The molecule has 0 aliphatic heterocycles. The Bertz CT molecular complexity index is 546. The van der Waals surface area contributed by atoms with Crippen LogP contribution in [0, 0.1) is 11.3 Å². The van der Waals surface area contributed by atoms with Gasteiger partial charge < -0.3 is 0 Å². The van der Waals surface area contributed by atoms with E-state index >= 15 is 0 Å². The fourth-order valence-corrected chi connectivity index (χ4v) is 2.21. The molecule has 0 amide bonds. The highest BCUT2D eigenvalue weighted by atomic mass is 35.5. The van der Waals surface area contributed by atoms with Crippen LogP contribution in [0.15, 0.2) is 40.8 Å². The molecule has 1 N–H and O–H groups in total. The molecule has 0 saturated carbocycles. The molecule has 1 rings (SSSR count). The highest BCUT2D eigenvalue weighted by molar-refractivity contribution is 7.89. The molecule has 0 radical (unpaired) electrons. The van der Waals surface area contributed by atoms with Crippen molar-refractivity contribution < 1.29 is 8.42 Å². The van der Waals surface area contributed by atoms with Crippen LogP contribution in [-0.2, 0) is 10.0 Å². The molecule has 0 aliphatic carbocycles. The average molecular weight is 257 g/mol. The Morgan fingerprint density at radius 1 is 1.56 bits per heavy atom. The molecule has 6 heteroatoms. The van der Waals surface area contributed by atoms with Crippen LogP contribution in [-0.4, -0.2) is 15.0 Å². The lowest BCUT2D eigenvalue weighted by Crippen LogP contribution is -2.24. The molecular weight excluding hydrogens is 248 g/mol. The second-order valence-corrected chi connectivity index (χ2v) is 5.28. The molecule has 0 aromatic heterocycles. The Morgan fingerprint density at radius 3 is 2.81 bits per heavy atom. The van der Waals surface area contributed by atoms with Gasteiger partial charge in [0.25, 0.3) is 0 Å². The van der Waals surface area contributed by atoms with E-state index in [1.807, 2.05) is 6.07 Å². The number of halogens is 1. The number of nitrogens with one attached hydrogen (secondary N) is 1. The van der Waals surface area contributed by atoms with Crippen molar-refractivity contribution in [2.24, 2.45) is 0 Å². The van der Waals surface area contributed by atoms with Gasteiger partial charge in [0, 0.05) is 11.6 Å². The normalized spacial score (nSPS) is 10.8. The number of benzene rings is 1. The Kier molecular flexibility index (Phi) is 4.07. The number of nitriles is 1. The lowest BCUT2D eigenvalue weighted by Gasteiger charge is -2.05. The number of rotatable bonds is 4. The van der Waals surface area contributed by atoms with E-state index in [2.05, 4.69) is 11.3 Å². The summed E-state index contributed by atoms with van der Waals surface area (Å²) >= 11 is 5.46. The molecule has 0 aliphatic rings. The van der Waals surface area contributed by atoms with Crippen molar-refractivity contribution in [1.82, 2.24) is 4.72 Å². The van der Waals surface area contributed by atoms with Crippen LogP contribution < -0.4 is 4.72 Å². The van der Waals surface area contributed by atoms with Crippen LogP contribution in [0.3, 0.4) is 0 Å². The first-order chi connectivity index (χ1) is 7.45. The Hall–Kier alpha value is -1.35. The third kappa shape index (κ3) is 3.35. The quantitative estimate of drug-likeness (QED) is 0.889. The zero-order valence-electron chi connectivity index (χ0n) is 8.27. The summed E-state index contributed by atoms with van der Waals surface area (Å²) in [6.07, 6.45) is 0. The van der Waals surface area contributed by atoms with Gasteiger partial charge in [-0.15, -0.1) is 0 Å². The molecule has 4 nitrogen and oxygen atoms in total. The summed E-state index contributed by atoms with van der Waals surface area (Å²) in [4.78, 5) is 0.0319. The first-order valence-electron chi connectivity index (χ1n) is 4.29. The van der Waals surface area contributed by atoms with Crippen molar-refractivity contribution in [2.75, 3.05) is 6.54 Å². The fourth-order valence-electron chi connectivity index (χ4n) is 0.989. The van der Waals surface area contributed by atoms with Crippen LogP contribution in [0.25, 0.3) is 0 Å². The molecule has 0 atom stereocenters. The van der Waals surface area contributed by atoms with Crippen molar-refractivity contribution >= 4 is 21.6 Å². The van der Waals surface area contributed by atoms with Crippen molar-refractivity contribution in [3.05, 3.63) is 41.4 Å². The number of hydrogen-bond donors (Lipinski definition) is 1. The second kappa shape index (κ2) is 5.12. The Balaban J connectivity index is 2.99. The number of nitrogens with zero attached hydrogens (tertiary/aromatic N) is 1. The van der Waals surface area contributed by atoms with E-state index < -0.39 is 10.0 Å². The monoisotopic (exact) mass is 256 g/mol. The van der Waals surface area contributed by atoms with Gasteiger partial charge in [-0.25, -0.2) is 13.1 Å². The third-order valence-electron chi connectivity index (χ3n) is 1.73. The first-order valence-corrected chi connectivity index (χ1v) is 6.15. The van der Waals surface area contributed by atoms with Crippen molar-refractivity contribution in [2.45, 2.75) is 4.90 Å². The summed E-state index contributed by atoms with van der Waals surface area (Å²) in [6.45, 7) is 3.33. The minimum Gasteiger partial charge on any atom is -0.207 e. The minimum atomic E-state index is -3.63. The summed E-state index contributed by atoms with van der Waals surface area (Å²) in [5.74, 6) is 0. The van der Waals surface area contributed by atoms with Gasteiger partial charge in [0.15, 0.2) is 0 Å². The molecule has 0 saturated heterocycles. The van der Waals surface area contributed by atoms with Crippen molar-refractivity contribution in [3.8, 4) is 6.07 Å². The first kappa shape index (κ1) is 12.7. The van der Waals surface area contributed by atoms with Gasteiger partial charge in [-0.1, -0.05) is 24.2 Å². The van der Waals surface area contributed by atoms with Crippen LogP contribution in [0.2, 0.25) is 0 Å². The standard InChI is InChI=1S/C10H9ClN2O2S/c1-8(11)7-13-16(14,15)10-4-2-3-9(5-10)6-12/h2-5,13H,1,7H2. The van der Waals surface area contributed by atoms with E-state index in [0.717, 1.165) is 0 Å². The largest absolute Gasteiger partial charge is 0.240 e. The molecule has 0 bridgehead atoms. The Labute approximate surface area is 99.2 Å². The SMILES string of the molecule is C=C(Cl)CNS(=O)(=O)c1cccc(C#N)c1. The van der Waals surface area contributed by atoms with Crippen molar-refractivity contribution in [3.63, 3.8) is 0 Å². The predicted octanol–water partition coefficient (Wildman–Crippen LogP) is 1.59. The lowest BCUT2D eigenvalue weighted by atomic mass is 10.2. The zero-order valence-corrected chi connectivity index (χ0v) is 9.85. The molecule has 0 heterocycles. The van der Waals surface area contributed by atoms with Gasteiger partial charge in [0.1, 0.15) is 0 Å². The smallest absolute Gasteiger partial charge is 0.207 e. The molecule has 1 aromatic rings. The summed E-state index contributed by atoms with van der Waals surface area (Å²) < 4.78 is 25.6. The zero-order chi connectivity index (χ0) is 12.2. The summed E-state index contributed by atoms with van der Waals surface area (Å²) in [6, 6.07) is 7.59. The maximum absolute atomic E-state index is 11.7. The van der Waals surface area contributed by atoms with E-state index in [1.165, 1.54) is 24.3 Å². The highest BCUT2D eigenvalue weighted by Crippen LogP contribution is 2.11. The molecule has 0 spiro atoms. The molecule has 16 heavy (non-hydrogen) atoms. The number of sulfonamides is 1. The van der Waals surface area contributed by atoms with Crippen molar-refractivity contribution in [1.29, 1.82) is 5.26 Å². The van der Waals surface area contributed by atoms with Gasteiger partial charge in [0.05, 0.1) is 16.5 Å². The molecule has 1 aromatic carbocycles. The van der Waals surface area contributed by atoms with Gasteiger partial charge in [-0.3, -0.25) is 0 Å². The lowest BCUT2D eigenvalue weighted by molar-refractivity contribution is 0.585. The summed E-state index contributed by atoms with van der Waals surface area (Å²) in [7, 11) is -3.63. The summed E-state index contributed by atoms with van der Waals surface area (Å²) in [5.41, 5.74) is 0.285. The molecule has 0 unspecified atom stereocenters. The minimum absolute atomic E-state index is 0.0319. The van der Waals surface area contributed by atoms with E-state index in [4.69, 9.17) is 16.9 Å². The van der Waals surface area contributed by atoms with Crippen LogP contribution in [0.1, 0.15) is 5.56 Å². The summed E-state index contributed by atoms with van der Waals surface area (Å²) in [5, 5.41) is 8.84. The molecule has 84 valence electrons. The third-order valence-corrected chi connectivity index (χ3v) is 3.26. The van der Waals surface area contributed by atoms with Gasteiger partial charge >= 0.3 is 0 Å². The van der Waals surface area contributed by atoms with Crippen LogP contribution in [0.5, 0.6) is 0 Å². The second-order valence-electron chi connectivity index (χ2n) is 2.98. The Morgan fingerprint density at radius 2 is 2.25 bits per heavy atom. The maximum Gasteiger partial charge on any atom is 0.240 e. The van der Waals surface area contributed by atoms with Gasteiger partial charge in [0.2, 0.25) is 10.0 Å². The average Bonchev–Trinajstić information content (AvgIpc) is 2.27. The van der Waals surface area contributed by atoms with E-state index in [0.29, 0.717) is 0 Å². The van der Waals surface area contributed by atoms with Crippen LogP contribution >= 0.6 is 11.6 Å². The fraction of sp³-hybridized carbons (Fsp3) is 0.100. The van der Waals surface area contributed by atoms with E-state index in [-0.39, 0.29) is 22.0 Å². The topological polar surface area (TPSA) is 70.0 Å². The highest BCUT2D eigenvalue weighted by Gasteiger charge is 2.13. The van der Waals surface area contributed by atoms with E-state index in [9.17, 15) is 8.42 Å². The molecule has 0 fully saturated rings. The van der Waals surface area contributed by atoms with Gasteiger partial charge in [-0.05, 0) is 18.2 Å².